The Kier molecular flexibility index (Phi) is 5.28. The molecule has 1 N–H and O–H groups in total. The number of rotatable bonds is 3. The van der Waals surface area contributed by atoms with Gasteiger partial charge in [-0.05, 0) is 25.8 Å². The second-order valence-electron chi connectivity index (χ2n) is 5.22. The molecule has 0 aliphatic carbocycles. The molecule has 1 aliphatic heterocycles. The molecular formula is C14H16ClF3N2O2. The van der Waals surface area contributed by atoms with Crippen LogP contribution >= 0.6 is 11.6 Å². The fourth-order valence-corrected chi connectivity index (χ4v) is 2.60. The first-order chi connectivity index (χ1) is 10.3. The fourth-order valence-electron chi connectivity index (χ4n) is 2.28. The normalized spacial score (nSPS) is 20.5. The van der Waals surface area contributed by atoms with Crippen LogP contribution in [0.3, 0.4) is 0 Å². The van der Waals surface area contributed by atoms with Crippen molar-refractivity contribution in [2.24, 2.45) is 5.92 Å². The Balaban J connectivity index is 2.06. The van der Waals surface area contributed by atoms with E-state index in [1.54, 1.807) is 6.92 Å². The number of nitrogens with one attached hydrogen (secondary N) is 1. The highest BCUT2D eigenvalue weighted by Crippen LogP contribution is 2.31. The van der Waals surface area contributed by atoms with Crippen molar-refractivity contribution in [2.45, 2.75) is 32.0 Å². The van der Waals surface area contributed by atoms with Crippen molar-refractivity contribution in [3.05, 3.63) is 28.5 Å². The van der Waals surface area contributed by atoms with Crippen LogP contribution in [0.1, 0.15) is 37.1 Å². The molecule has 22 heavy (non-hydrogen) atoms. The average molecular weight is 337 g/mol. The first-order valence-corrected chi connectivity index (χ1v) is 7.28. The van der Waals surface area contributed by atoms with E-state index in [9.17, 15) is 18.0 Å². The lowest BCUT2D eigenvalue weighted by atomic mass is 10.0. The van der Waals surface area contributed by atoms with Crippen molar-refractivity contribution in [1.82, 2.24) is 10.3 Å². The molecule has 1 aromatic heterocycles. The lowest BCUT2D eigenvalue weighted by Gasteiger charge is -2.24. The third kappa shape index (κ3) is 4.10. The molecule has 1 aliphatic rings. The first-order valence-electron chi connectivity index (χ1n) is 6.91. The van der Waals surface area contributed by atoms with Crippen LogP contribution in [0.4, 0.5) is 13.2 Å². The Bertz CT molecular complexity index is 545. The topological polar surface area (TPSA) is 51.2 Å². The van der Waals surface area contributed by atoms with Gasteiger partial charge in [-0.1, -0.05) is 17.7 Å². The number of nitrogens with zero attached hydrogens (tertiary/aromatic N) is 1. The molecule has 1 fully saturated rings. The van der Waals surface area contributed by atoms with E-state index < -0.39 is 17.9 Å². The summed E-state index contributed by atoms with van der Waals surface area (Å²) < 4.78 is 42.9. The first kappa shape index (κ1) is 17.0. The summed E-state index contributed by atoms with van der Waals surface area (Å²) in [5.74, 6) is -0.430. The van der Waals surface area contributed by atoms with Crippen molar-refractivity contribution in [1.29, 1.82) is 0 Å². The number of hydrogen-bond acceptors (Lipinski definition) is 3. The maximum atomic E-state index is 12.5. The number of carbonyl (C=O) groups excluding carboxylic acids is 1. The molecule has 1 amide bonds. The lowest BCUT2D eigenvalue weighted by Crippen LogP contribution is -2.37. The van der Waals surface area contributed by atoms with Crippen molar-refractivity contribution in [3.63, 3.8) is 0 Å². The molecule has 122 valence electrons. The molecule has 2 rings (SSSR count). The molecule has 0 bridgehead atoms. The van der Waals surface area contributed by atoms with Gasteiger partial charge in [-0.25, -0.2) is 4.98 Å². The van der Waals surface area contributed by atoms with Crippen molar-refractivity contribution in [3.8, 4) is 0 Å². The van der Waals surface area contributed by atoms with Crippen LogP contribution in [0.15, 0.2) is 12.1 Å². The van der Waals surface area contributed by atoms with Gasteiger partial charge in [0.15, 0.2) is 0 Å². The van der Waals surface area contributed by atoms with Crippen molar-refractivity contribution in [2.75, 3.05) is 13.2 Å². The molecule has 0 spiro atoms. The Morgan fingerprint density at radius 1 is 1.50 bits per heavy atom. The highest BCUT2D eigenvalue weighted by Gasteiger charge is 2.33. The van der Waals surface area contributed by atoms with Gasteiger partial charge in [0.05, 0.1) is 18.6 Å². The highest BCUT2D eigenvalue weighted by atomic mass is 35.5. The summed E-state index contributed by atoms with van der Waals surface area (Å²) in [5, 5.41) is 2.48. The minimum atomic E-state index is -4.55. The van der Waals surface area contributed by atoms with E-state index in [-0.39, 0.29) is 17.0 Å². The van der Waals surface area contributed by atoms with Gasteiger partial charge in [-0.15, -0.1) is 0 Å². The summed E-state index contributed by atoms with van der Waals surface area (Å²) in [6, 6.07) is 1.56. The number of aromatic nitrogens is 1. The van der Waals surface area contributed by atoms with E-state index in [1.165, 1.54) is 6.07 Å². The van der Waals surface area contributed by atoms with Crippen LogP contribution in [-0.2, 0) is 15.7 Å². The molecular weight excluding hydrogens is 321 g/mol. The SMILES string of the molecule is C[C@H](NC(=O)[C@@H]1CCCOC1)c1ccc(C(F)(F)F)nc1Cl. The van der Waals surface area contributed by atoms with E-state index in [4.69, 9.17) is 16.3 Å². The van der Waals surface area contributed by atoms with Gasteiger partial charge in [0.2, 0.25) is 5.91 Å². The predicted octanol–water partition coefficient (Wildman–Crippen LogP) is 3.36. The van der Waals surface area contributed by atoms with Gasteiger partial charge in [-0.2, -0.15) is 13.2 Å². The number of pyridine rings is 1. The standard InChI is InChI=1S/C14H16ClF3N2O2/c1-8(19-13(21)9-3-2-6-22-7-9)10-4-5-11(14(16,17)18)20-12(10)15/h4-5,8-9H,2-3,6-7H2,1H3,(H,19,21)/t8-,9+/m0/s1. The van der Waals surface area contributed by atoms with Crippen LogP contribution < -0.4 is 5.32 Å². The van der Waals surface area contributed by atoms with E-state index in [2.05, 4.69) is 10.3 Å². The van der Waals surface area contributed by atoms with Crippen LogP contribution in [-0.4, -0.2) is 24.1 Å². The minimum Gasteiger partial charge on any atom is -0.381 e. The average Bonchev–Trinajstić information content (AvgIpc) is 2.46. The number of hydrogen-bond donors (Lipinski definition) is 1. The molecule has 4 nitrogen and oxygen atoms in total. The summed E-state index contributed by atoms with van der Waals surface area (Å²) in [6.45, 7) is 2.66. The van der Waals surface area contributed by atoms with Crippen LogP contribution in [0, 0.1) is 5.92 Å². The van der Waals surface area contributed by atoms with Crippen LogP contribution in [0.5, 0.6) is 0 Å². The molecule has 1 aromatic rings. The summed E-state index contributed by atoms with van der Waals surface area (Å²) in [4.78, 5) is 15.4. The summed E-state index contributed by atoms with van der Waals surface area (Å²) in [5.41, 5.74) is -0.708. The quantitative estimate of drug-likeness (QED) is 0.861. The van der Waals surface area contributed by atoms with E-state index in [1.807, 2.05) is 0 Å². The van der Waals surface area contributed by atoms with Gasteiger partial charge in [0, 0.05) is 12.2 Å². The number of ether oxygens (including phenoxy) is 1. The number of carbonyl (C=O) groups is 1. The van der Waals surface area contributed by atoms with Gasteiger partial charge < -0.3 is 10.1 Å². The monoisotopic (exact) mass is 336 g/mol. The van der Waals surface area contributed by atoms with Crippen molar-refractivity contribution >= 4 is 17.5 Å². The van der Waals surface area contributed by atoms with Gasteiger partial charge in [0.1, 0.15) is 10.8 Å². The zero-order valence-corrected chi connectivity index (χ0v) is 12.7. The summed E-state index contributed by atoms with van der Waals surface area (Å²) in [7, 11) is 0. The fraction of sp³-hybridized carbons (Fsp3) is 0.571. The maximum absolute atomic E-state index is 12.5. The van der Waals surface area contributed by atoms with E-state index in [0.717, 1.165) is 18.9 Å². The van der Waals surface area contributed by atoms with Crippen molar-refractivity contribution < 1.29 is 22.7 Å². The number of halogens is 4. The van der Waals surface area contributed by atoms with Gasteiger partial charge in [-0.3, -0.25) is 4.79 Å². The Morgan fingerprint density at radius 2 is 2.23 bits per heavy atom. The van der Waals surface area contributed by atoms with Crippen LogP contribution in [0.25, 0.3) is 0 Å². The summed E-state index contributed by atoms with van der Waals surface area (Å²) >= 11 is 5.81. The van der Waals surface area contributed by atoms with E-state index in [0.29, 0.717) is 18.8 Å². The number of amides is 1. The smallest absolute Gasteiger partial charge is 0.381 e. The molecule has 0 radical (unpaired) electrons. The molecule has 1 saturated heterocycles. The van der Waals surface area contributed by atoms with Gasteiger partial charge in [0.25, 0.3) is 0 Å². The van der Waals surface area contributed by atoms with E-state index >= 15 is 0 Å². The second-order valence-corrected chi connectivity index (χ2v) is 5.58. The molecule has 2 atom stereocenters. The van der Waals surface area contributed by atoms with Gasteiger partial charge >= 0.3 is 6.18 Å². The molecule has 2 heterocycles. The molecule has 0 saturated carbocycles. The Morgan fingerprint density at radius 3 is 2.77 bits per heavy atom. The van der Waals surface area contributed by atoms with Crippen LogP contribution in [0.2, 0.25) is 5.15 Å². The minimum absolute atomic E-state index is 0.192. The zero-order chi connectivity index (χ0) is 16.3. The Labute approximate surface area is 131 Å². The third-order valence-corrected chi connectivity index (χ3v) is 3.83. The largest absolute Gasteiger partial charge is 0.433 e. The number of alkyl halides is 3. The molecule has 0 unspecified atom stereocenters. The summed E-state index contributed by atoms with van der Waals surface area (Å²) in [6.07, 6.45) is -3.00. The highest BCUT2D eigenvalue weighted by molar-refractivity contribution is 6.30. The predicted molar refractivity (Wildman–Crippen MR) is 74.3 cm³/mol. The molecule has 8 heteroatoms. The lowest BCUT2D eigenvalue weighted by molar-refractivity contribution is -0.141. The Hall–Kier alpha value is -1.34. The molecule has 0 aromatic carbocycles. The maximum Gasteiger partial charge on any atom is 0.433 e. The third-order valence-electron chi connectivity index (χ3n) is 3.52. The zero-order valence-electron chi connectivity index (χ0n) is 11.9. The second kappa shape index (κ2) is 6.83.